The fourth-order valence-corrected chi connectivity index (χ4v) is 0.544. The first-order valence-corrected chi connectivity index (χ1v) is 2.39. The second-order valence-electron chi connectivity index (χ2n) is 1.98. The molecule has 0 amide bonds. The monoisotopic (exact) mass is 136 g/mol. The van der Waals surface area contributed by atoms with Crippen molar-refractivity contribution in [3.63, 3.8) is 0 Å². The summed E-state index contributed by atoms with van der Waals surface area (Å²) in [7, 11) is 0. The fourth-order valence-electron chi connectivity index (χ4n) is 0.544. The minimum absolute atomic E-state index is 0.819. The number of rotatable bonds is 0. The summed E-state index contributed by atoms with van der Waals surface area (Å²) < 4.78 is 47.1. The van der Waals surface area contributed by atoms with Gasteiger partial charge in [0.25, 0.3) is 0 Å². The van der Waals surface area contributed by atoms with Crippen molar-refractivity contribution >= 4 is 5.97 Å². The summed E-state index contributed by atoms with van der Waals surface area (Å²) in [4.78, 5) is 10.9. The fraction of sp³-hybridized carbons (Fsp3) is 0.833. The average Bonchev–Trinajstić information content (AvgIpc) is 2.26. The minimum Gasteiger partial charge on any atom is -0.463 e. The van der Waals surface area contributed by atoms with Crippen LogP contribution in [0.25, 0.3) is 0 Å². The Morgan fingerprint density at radius 3 is 2.89 bits per heavy atom. The maximum absolute atomic E-state index is 10.9. The quantitative estimate of drug-likeness (QED) is 0.474. The van der Waals surface area contributed by atoms with Crippen LogP contribution >= 0.6 is 0 Å². The van der Waals surface area contributed by atoms with Crippen LogP contribution in [-0.4, -0.2) is 23.8 Å². The minimum atomic E-state index is -3.00. The molecule has 0 aromatic heterocycles. The molecule has 3 heteroatoms. The average molecular weight is 136 g/mol. The van der Waals surface area contributed by atoms with Gasteiger partial charge in [0, 0.05) is 13.6 Å². The van der Waals surface area contributed by atoms with Crippen LogP contribution in [0, 0.1) is 5.41 Å². The Bertz CT molecular complexity index is 266. The summed E-state index contributed by atoms with van der Waals surface area (Å²) in [5.74, 6) is -1.21. The normalized spacial score (nSPS) is 45.0. The molecule has 1 N–H and O–H groups in total. The van der Waals surface area contributed by atoms with Gasteiger partial charge in [0.2, 0.25) is 0 Å². The van der Waals surface area contributed by atoms with Gasteiger partial charge in [-0.1, -0.05) is 13.7 Å². The Labute approximate surface area is 62.1 Å². The van der Waals surface area contributed by atoms with Gasteiger partial charge in [-0.15, -0.1) is 0 Å². The van der Waals surface area contributed by atoms with Crippen LogP contribution in [0.4, 0.5) is 0 Å². The SMILES string of the molecule is [2H]C([2H])([2H])C1(C([2H])([2H])[2H])COC(=O)[C@@H]1O. The number of carbonyl (C=O) groups is 1. The van der Waals surface area contributed by atoms with Crippen molar-refractivity contribution in [3.05, 3.63) is 0 Å². The van der Waals surface area contributed by atoms with Crippen molar-refractivity contribution in [2.75, 3.05) is 6.61 Å². The van der Waals surface area contributed by atoms with Gasteiger partial charge in [-0.05, 0) is 0 Å². The zero-order valence-electron chi connectivity index (χ0n) is 10.5. The van der Waals surface area contributed by atoms with E-state index in [-0.39, 0.29) is 0 Å². The molecular weight excluding hydrogens is 120 g/mol. The first-order valence-electron chi connectivity index (χ1n) is 5.39. The van der Waals surface area contributed by atoms with E-state index in [4.69, 9.17) is 8.22 Å². The van der Waals surface area contributed by atoms with Crippen LogP contribution in [0.15, 0.2) is 0 Å². The summed E-state index contributed by atoms with van der Waals surface area (Å²) in [5, 5.41) is 9.38. The molecule has 3 nitrogen and oxygen atoms in total. The van der Waals surface area contributed by atoms with Crippen molar-refractivity contribution in [2.24, 2.45) is 5.41 Å². The Hall–Kier alpha value is -0.570. The summed E-state index contributed by atoms with van der Waals surface area (Å²) in [6, 6.07) is 0. The third kappa shape index (κ3) is 0.920. The molecule has 1 aliphatic rings. The van der Waals surface area contributed by atoms with E-state index in [0.29, 0.717) is 0 Å². The van der Waals surface area contributed by atoms with E-state index in [9.17, 15) is 9.90 Å². The van der Waals surface area contributed by atoms with E-state index in [2.05, 4.69) is 4.74 Å². The summed E-state index contributed by atoms with van der Waals surface area (Å²) >= 11 is 0. The number of hydrogen-bond acceptors (Lipinski definition) is 3. The molecule has 0 spiro atoms. The molecule has 0 aliphatic carbocycles. The van der Waals surface area contributed by atoms with Gasteiger partial charge in [0.15, 0.2) is 6.10 Å². The molecule has 0 aromatic rings. The van der Waals surface area contributed by atoms with Crippen molar-refractivity contribution in [1.29, 1.82) is 0 Å². The molecule has 1 saturated heterocycles. The summed E-state index contributed by atoms with van der Waals surface area (Å²) in [6.45, 7) is -6.81. The molecule has 0 unspecified atom stereocenters. The van der Waals surface area contributed by atoms with Gasteiger partial charge in [-0.2, -0.15) is 0 Å². The molecule has 1 heterocycles. The first-order chi connectivity index (χ1) is 6.54. The maximum Gasteiger partial charge on any atom is 0.335 e. The molecule has 1 rings (SSSR count). The molecule has 0 aromatic carbocycles. The Kier molecular flexibility index (Phi) is 0.423. The number of hydrogen-bond donors (Lipinski definition) is 1. The highest BCUT2D eigenvalue weighted by atomic mass is 16.6. The van der Waals surface area contributed by atoms with Crippen molar-refractivity contribution in [2.45, 2.75) is 19.8 Å². The second-order valence-corrected chi connectivity index (χ2v) is 1.98. The van der Waals surface area contributed by atoms with Crippen molar-refractivity contribution < 1.29 is 22.9 Å². The van der Waals surface area contributed by atoms with Crippen LogP contribution in [0.1, 0.15) is 21.9 Å². The number of esters is 1. The highest BCUT2D eigenvalue weighted by Gasteiger charge is 2.41. The number of cyclic esters (lactones) is 1. The van der Waals surface area contributed by atoms with Crippen LogP contribution in [0.5, 0.6) is 0 Å². The van der Waals surface area contributed by atoms with Crippen LogP contribution in [0.3, 0.4) is 0 Å². The molecule has 0 radical (unpaired) electrons. The topological polar surface area (TPSA) is 46.5 Å². The van der Waals surface area contributed by atoms with E-state index in [1.54, 1.807) is 0 Å². The maximum atomic E-state index is 10.9. The van der Waals surface area contributed by atoms with Gasteiger partial charge in [0.05, 0.1) is 6.61 Å². The van der Waals surface area contributed by atoms with E-state index < -0.39 is 37.8 Å². The van der Waals surface area contributed by atoms with Crippen molar-refractivity contribution in [3.8, 4) is 0 Å². The second kappa shape index (κ2) is 1.70. The smallest absolute Gasteiger partial charge is 0.335 e. The molecule has 0 saturated carbocycles. The molecule has 1 atom stereocenters. The molecular formula is C6H10O3. The third-order valence-corrected chi connectivity index (χ3v) is 1.13. The number of ether oxygens (including phenoxy) is 1. The van der Waals surface area contributed by atoms with Crippen LogP contribution in [-0.2, 0) is 9.53 Å². The molecule has 9 heavy (non-hydrogen) atoms. The summed E-state index contributed by atoms with van der Waals surface area (Å²) in [5.41, 5.74) is -2.52. The first kappa shape index (κ1) is 2.23. The van der Waals surface area contributed by atoms with Gasteiger partial charge in [-0.25, -0.2) is 4.79 Å². The molecule has 1 aliphatic heterocycles. The van der Waals surface area contributed by atoms with E-state index in [1.165, 1.54) is 0 Å². The Morgan fingerprint density at radius 2 is 2.67 bits per heavy atom. The number of aliphatic hydroxyl groups is 1. The Morgan fingerprint density at radius 1 is 2.00 bits per heavy atom. The van der Waals surface area contributed by atoms with Crippen molar-refractivity contribution in [1.82, 2.24) is 0 Å². The predicted molar refractivity (Wildman–Crippen MR) is 30.7 cm³/mol. The molecule has 0 bridgehead atoms. The number of aliphatic hydroxyl groups excluding tert-OH is 1. The third-order valence-electron chi connectivity index (χ3n) is 1.13. The lowest BCUT2D eigenvalue weighted by atomic mass is 9.90. The van der Waals surface area contributed by atoms with E-state index in [0.717, 1.165) is 0 Å². The molecule has 1 fully saturated rings. The lowest BCUT2D eigenvalue weighted by Gasteiger charge is -2.15. The Balaban J connectivity index is 3.28. The predicted octanol–water partition coefficient (Wildman–Crippen LogP) is -0.0697. The van der Waals surface area contributed by atoms with E-state index in [1.807, 2.05) is 0 Å². The highest BCUT2D eigenvalue weighted by Crippen LogP contribution is 2.27. The lowest BCUT2D eigenvalue weighted by Crippen LogP contribution is -2.29. The summed E-state index contributed by atoms with van der Waals surface area (Å²) in [6.07, 6.45) is -2.14. The van der Waals surface area contributed by atoms with Gasteiger partial charge in [-0.3, -0.25) is 0 Å². The largest absolute Gasteiger partial charge is 0.463 e. The van der Waals surface area contributed by atoms with Gasteiger partial charge >= 0.3 is 5.97 Å². The van der Waals surface area contributed by atoms with Gasteiger partial charge in [0.1, 0.15) is 0 Å². The zero-order chi connectivity index (χ0) is 12.1. The standard InChI is InChI=1S/C6H10O3/c1-6(2)3-9-5(8)4(6)7/h4,7H,3H2,1-2H3/t4-/m0/s1/i1D3,2D3. The lowest BCUT2D eigenvalue weighted by molar-refractivity contribution is -0.145. The van der Waals surface area contributed by atoms with Gasteiger partial charge < -0.3 is 9.84 Å². The van der Waals surface area contributed by atoms with E-state index >= 15 is 0 Å². The number of carbonyl (C=O) groups excluding carboxylic acids is 1. The zero-order valence-corrected chi connectivity index (χ0v) is 4.55. The highest BCUT2D eigenvalue weighted by molar-refractivity contribution is 5.77. The van der Waals surface area contributed by atoms with Crippen LogP contribution < -0.4 is 0 Å². The van der Waals surface area contributed by atoms with Crippen LogP contribution in [0.2, 0.25) is 0 Å². The molecule has 52 valence electrons.